The van der Waals surface area contributed by atoms with Gasteiger partial charge in [0.05, 0.1) is 12.0 Å². The third kappa shape index (κ3) is 3.00. The van der Waals surface area contributed by atoms with Crippen LogP contribution in [0.25, 0.3) is 0 Å². The fraction of sp³-hybridized carbons (Fsp3) is 0.636. The van der Waals surface area contributed by atoms with Gasteiger partial charge in [-0.15, -0.1) is 11.3 Å². The van der Waals surface area contributed by atoms with Crippen molar-refractivity contribution in [2.75, 3.05) is 7.11 Å². The molecule has 0 aliphatic carbocycles. The minimum absolute atomic E-state index is 0.543. The van der Waals surface area contributed by atoms with Crippen molar-refractivity contribution in [3.63, 3.8) is 0 Å². The maximum absolute atomic E-state index is 5.25. The highest BCUT2D eigenvalue weighted by molar-refractivity contribution is 7.10. The predicted octanol–water partition coefficient (Wildman–Crippen LogP) is 2.89. The Bertz CT molecular complexity index is 270. The number of thiophene rings is 1. The van der Waals surface area contributed by atoms with E-state index in [1.807, 2.05) is 6.07 Å². The SMILES string of the molecule is COc1ccsc1CNC(C)C(C)C. The predicted molar refractivity (Wildman–Crippen MR) is 62.0 cm³/mol. The Kier molecular flexibility index (Phi) is 4.42. The first-order valence-electron chi connectivity index (χ1n) is 4.99. The minimum Gasteiger partial charge on any atom is -0.496 e. The standard InChI is InChI=1S/C11H19NOS/c1-8(2)9(3)12-7-11-10(13-4)5-6-14-11/h5-6,8-9,12H,7H2,1-4H3. The van der Waals surface area contributed by atoms with Crippen LogP contribution in [0.5, 0.6) is 5.75 Å². The molecule has 0 aliphatic rings. The molecule has 0 radical (unpaired) electrons. The van der Waals surface area contributed by atoms with Crippen molar-refractivity contribution in [2.45, 2.75) is 33.4 Å². The molecule has 1 unspecified atom stereocenters. The minimum atomic E-state index is 0.543. The first-order valence-corrected chi connectivity index (χ1v) is 5.87. The van der Waals surface area contributed by atoms with Crippen LogP contribution in [0.1, 0.15) is 25.6 Å². The van der Waals surface area contributed by atoms with Gasteiger partial charge in [-0.05, 0) is 24.3 Å². The van der Waals surface area contributed by atoms with Crippen molar-refractivity contribution in [3.05, 3.63) is 16.3 Å². The van der Waals surface area contributed by atoms with Crippen LogP contribution >= 0.6 is 11.3 Å². The van der Waals surface area contributed by atoms with E-state index in [0.29, 0.717) is 12.0 Å². The van der Waals surface area contributed by atoms with Gasteiger partial charge in [-0.2, -0.15) is 0 Å². The summed E-state index contributed by atoms with van der Waals surface area (Å²) in [6.07, 6.45) is 0. The second-order valence-corrected chi connectivity index (χ2v) is 4.83. The first-order chi connectivity index (χ1) is 6.65. The Morgan fingerprint density at radius 3 is 2.71 bits per heavy atom. The second kappa shape index (κ2) is 5.37. The molecule has 0 amide bonds. The van der Waals surface area contributed by atoms with Crippen molar-refractivity contribution in [3.8, 4) is 5.75 Å². The van der Waals surface area contributed by atoms with Crippen molar-refractivity contribution in [1.82, 2.24) is 5.32 Å². The van der Waals surface area contributed by atoms with Gasteiger partial charge in [-0.25, -0.2) is 0 Å². The summed E-state index contributed by atoms with van der Waals surface area (Å²) in [7, 11) is 1.72. The summed E-state index contributed by atoms with van der Waals surface area (Å²) in [5.41, 5.74) is 0. The van der Waals surface area contributed by atoms with Gasteiger partial charge in [0.15, 0.2) is 0 Å². The molecule has 2 nitrogen and oxygen atoms in total. The Labute approximate surface area is 90.3 Å². The van der Waals surface area contributed by atoms with Gasteiger partial charge in [0.1, 0.15) is 5.75 Å². The van der Waals surface area contributed by atoms with Gasteiger partial charge in [0.25, 0.3) is 0 Å². The Hall–Kier alpha value is -0.540. The highest BCUT2D eigenvalue weighted by Gasteiger charge is 2.08. The molecule has 1 aromatic heterocycles. The molecule has 0 spiro atoms. The second-order valence-electron chi connectivity index (χ2n) is 3.83. The summed E-state index contributed by atoms with van der Waals surface area (Å²) in [5, 5.41) is 5.55. The number of methoxy groups -OCH3 is 1. The molecule has 0 aromatic carbocycles. The zero-order chi connectivity index (χ0) is 10.6. The van der Waals surface area contributed by atoms with Crippen LogP contribution in [0.3, 0.4) is 0 Å². The number of hydrogen-bond donors (Lipinski definition) is 1. The lowest BCUT2D eigenvalue weighted by atomic mass is 10.1. The summed E-state index contributed by atoms with van der Waals surface area (Å²) in [5.74, 6) is 1.67. The maximum atomic E-state index is 5.25. The third-order valence-electron chi connectivity index (χ3n) is 2.51. The van der Waals surface area contributed by atoms with Crippen molar-refractivity contribution >= 4 is 11.3 Å². The topological polar surface area (TPSA) is 21.3 Å². The van der Waals surface area contributed by atoms with Gasteiger partial charge in [0.2, 0.25) is 0 Å². The van der Waals surface area contributed by atoms with E-state index >= 15 is 0 Å². The Morgan fingerprint density at radius 1 is 1.43 bits per heavy atom. The van der Waals surface area contributed by atoms with Crippen LogP contribution in [0.2, 0.25) is 0 Å². The summed E-state index contributed by atoms with van der Waals surface area (Å²) in [6, 6.07) is 2.56. The van der Waals surface area contributed by atoms with Crippen LogP contribution in [-0.2, 0) is 6.54 Å². The van der Waals surface area contributed by atoms with Gasteiger partial charge in [-0.3, -0.25) is 0 Å². The van der Waals surface area contributed by atoms with E-state index in [2.05, 4.69) is 31.5 Å². The molecular formula is C11H19NOS. The number of hydrogen-bond acceptors (Lipinski definition) is 3. The van der Waals surface area contributed by atoms with Gasteiger partial charge in [0, 0.05) is 12.6 Å². The van der Waals surface area contributed by atoms with Crippen LogP contribution in [0.15, 0.2) is 11.4 Å². The van der Waals surface area contributed by atoms with E-state index in [9.17, 15) is 0 Å². The number of rotatable bonds is 5. The molecule has 0 saturated carbocycles. The molecule has 3 heteroatoms. The van der Waals surface area contributed by atoms with E-state index in [1.165, 1.54) is 4.88 Å². The molecule has 1 aromatic rings. The monoisotopic (exact) mass is 213 g/mol. The van der Waals surface area contributed by atoms with E-state index in [0.717, 1.165) is 12.3 Å². The van der Waals surface area contributed by atoms with Gasteiger partial charge in [-0.1, -0.05) is 13.8 Å². The van der Waals surface area contributed by atoms with E-state index in [-0.39, 0.29) is 0 Å². The Morgan fingerprint density at radius 2 is 2.14 bits per heavy atom. The van der Waals surface area contributed by atoms with E-state index < -0.39 is 0 Å². The summed E-state index contributed by atoms with van der Waals surface area (Å²) >= 11 is 1.74. The molecule has 80 valence electrons. The molecule has 1 heterocycles. The van der Waals surface area contributed by atoms with Crippen LogP contribution < -0.4 is 10.1 Å². The van der Waals surface area contributed by atoms with E-state index in [1.54, 1.807) is 18.4 Å². The number of nitrogens with one attached hydrogen (secondary N) is 1. The number of ether oxygens (including phenoxy) is 1. The smallest absolute Gasteiger partial charge is 0.134 e. The first kappa shape index (κ1) is 11.5. The molecule has 14 heavy (non-hydrogen) atoms. The molecule has 0 fully saturated rings. The van der Waals surface area contributed by atoms with Gasteiger partial charge >= 0.3 is 0 Å². The summed E-state index contributed by atoms with van der Waals surface area (Å²) in [6.45, 7) is 7.57. The normalized spacial score (nSPS) is 13.2. The molecule has 0 saturated heterocycles. The molecule has 0 bridgehead atoms. The summed E-state index contributed by atoms with van der Waals surface area (Å²) < 4.78 is 5.25. The zero-order valence-corrected chi connectivity index (χ0v) is 10.1. The van der Waals surface area contributed by atoms with Gasteiger partial charge < -0.3 is 10.1 Å². The quantitative estimate of drug-likeness (QED) is 0.812. The third-order valence-corrected chi connectivity index (χ3v) is 3.41. The average Bonchev–Trinajstić information content (AvgIpc) is 2.60. The average molecular weight is 213 g/mol. The fourth-order valence-electron chi connectivity index (χ4n) is 1.13. The fourth-order valence-corrected chi connectivity index (χ4v) is 1.92. The molecule has 0 aliphatic heterocycles. The lowest BCUT2D eigenvalue weighted by molar-refractivity contribution is 0.399. The lowest BCUT2D eigenvalue weighted by Crippen LogP contribution is -2.29. The molecule has 1 rings (SSSR count). The lowest BCUT2D eigenvalue weighted by Gasteiger charge is -2.17. The molecule has 1 N–H and O–H groups in total. The molecular weight excluding hydrogens is 194 g/mol. The van der Waals surface area contributed by atoms with Crippen molar-refractivity contribution in [2.24, 2.45) is 5.92 Å². The summed E-state index contributed by atoms with van der Waals surface area (Å²) in [4.78, 5) is 1.28. The molecule has 1 atom stereocenters. The van der Waals surface area contributed by atoms with Crippen LogP contribution in [0, 0.1) is 5.92 Å². The van der Waals surface area contributed by atoms with E-state index in [4.69, 9.17) is 4.74 Å². The highest BCUT2D eigenvalue weighted by atomic mass is 32.1. The largest absolute Gasteiger partial charge is 0.496 e. The Balaban J connectivity index is 2.45. The highest BCUT2D eigenvalue weighted by Crippen LogP contribution is 2.24. The van der Waals surface area contributed by atoms with Crippen LogP contribution in [-0.4, -0.2) is 13.2 Å². The zero-order valence-electron chi connectivity index (χ0n) is 9.33. The van der Waals surface area contributed by atoms with Crippen molar-refractivity contribution in [1.29, 1.82) is 0 Å². The van der Waals surface area contributed by atoms with Crippen molar-refractivity contribution < 1.29 is 4.74 Å². The maximum Gasteiger partial charge on any atom is 0.134 e. The van der Waals surface area contributed by atoms with Crippen LogP contribution in [0.4, 0.5) is 0 Å².